The molecule has 0 amide bonds. The Morgan fingerprint density at radius 1 is 0.647 bits per heavy atom. The normalized spacial score (nSPS) is 33.0. The van der Waals surface area contributed by atoms with E-state index in [0.29, 0.717) is 19.3 Å². The Kier molecular flexibility index (Phi) is 7.60. The summed E-state index contributed by atoms with van der Waals surface area (Å²) in [6.07, 6.45) is 4.73. The first-order chi connectivity index (χ1) is 15.5. The van der Waals surface area contributed by atoms with Crippen LogP contribution in [0, 0.1) is 17.8 Å². The lowest BCUT2D eigenvalue weighted by Gasteiger charge is -2.46. The van der Waals surface area contributed by atoms with Crippen LogP contribution in [0.1, 0.15) is 100 Å². The fourth-order valence-electron chi connectivity index (χ4n) is 7.00. The summed E-state index contributed by atoms with van der Waals surface area (Å²) in [5, 5.41) is 7.20. The zero-order valence-electron chi connectivity index (χ0n) is 22.5. The first kappa shape index (κ1) is 27.1. The number of piperidine rings is 2. The number of aldehydes is 1. The molecule has 34 heavy (non-hydrogen) atoms. The highest BCUT2D eigenvalue weighted by Gasteiger charge is 2.44. The number of hydrogen-bond acceptors (Lipinski definition) is 7. The minimum Gasteiger partial charge on any atom is -0.462 e. The van der Waals surface area contributed by atoms with E-state index in [1.54, 1.807) is 0 Å². The highest BCUT2D eigenvalue weighted by Crippen LogP contribution is 2.38. The second-order valence-electron chi connectivity index (χ2n) is 13.7. The first-order valence-corrected chi connectivity index (χ1v) is 12.9. The van der Waals surface area contributed by atoms with Crippen LogP contribution in [0.2, 0.25) is 0 Å². The van der Waals surface area contributed by atoms with Crippen LogP contribution in [-0.4, -0.2) is 52.6 Å². The molecule has 7 nitrogen and oxygen atoms in total. The summed E-state index contributed by atoms with van der Waals surface area (Å²) in [4.78, 5) is 38.0. The molecule has 2 N–H and O–H groups in total. The molecule has 0 aromatic rings. The molecule has 3 aliphatic rings. The number of nitrogens with one attached hydrogen (secondary N) is 2. The van der Waals surface area contributed by atoms with Gasteiger partial charge in [0.2, 0.25) is 0 Å². The molecule has 1 saturated carbocycles. The van der Waals surface area contributed by atoms with Gasteiger partial charge >= 0.3 is 11.9 Å². The molecule has 3 fully saturated rings. The van der Waals surface area contributed by atoms with Crippen molar-refractivity contribution in [3.05, 3.63) is 0 Å². The number of rotatable bonds is 5. The summed E-state index contributed by atoms with van der Waals surface area (Å²) in [6.45, 7) is 16.9. The number of hydrogen-bond donors (Lipinski definition) is 2. The number of carbonyl (C=O) groups is 3. The molecule has 0 radical (unpaired) electrons. The first-order valence-electron chi connectivity index (χ1n) is 12.9. The number of carbonyl (C=O) groups excluding carboxylic acids is 3. The Bertz CT molecular complexity index is 696. The molecular weight excluding hydrogens is 432 g/mol. The predicted molar refractivity (Wildman–Crippen MR) is 131 cm³/mol. The van der Waals surface area contributed by atoms with Gasteiger partial charge in [-0.05, 0) is 74.7 Å². The van der Waals surface area contributed by atoms with Gasteiger partial charge < -0.3 is 24.9 Å². The minimum absolute atomic E-state index is 0.132. The lowest BCUT2D eigenvalue weighted by atomic mass is 9.75. The van der Waals surface area contributed by atoms with Crippen LogP contribution in [0.3, 0.4) is 0 Å². The minimum atomic E-state index is -0.455. The molecular formula is C27H46N2O5. The van der Waals surface area contributed by atoms with Crippen molar-refractivity contribution in [3.63, 3.8) is 0 Å². The summed E-state index contributed by atoms with van der Waals surface area (Å²) in [5.41, 5.74) is -0.526. The van der Waals surface area contributed by atoms with Gasteiger partial charge in [0.15, 0.2) is 0 Å². The number of esters is 2. The zero-order valence-corrected chi connectivity index (χ0v) is 22.5. The molecule has 2 heterocycles. The van der Waals surface area contributed by atoms with E-state index < -0.39 is 11.8 Å². The van der Waals surface area contributed by atoms with Crippen LogP contribution < -0.4 is 10.6 Å². The molecule has 0 bridgehead atoms. The molecule has 3 rings (SSSR count). The SMILES string of the molecule is CC1(C)CC(OC(=O)C2CC(C=O)CC(C(=O)OC3CC(C)(C)NC(C)(C)C3)C2)CC(C)(C)N1. The van der Waals surface area contributed by atoms with E-state index in [0.717, 1.165) is 32.0 Å². The van der Waals surface area contributed by atoms with Crippen LogP contribution in [0.4, 0.5) is 0 Å². The molecule has 2 aliphatic heterocycles. The Morgan fingerprint density at radius 2 is 0.971 bits per heavy atom. The highest BCUT2D eigenvalue weighted by molar-refractivity contribution is 5.78. The van der Waals surface area contributed by atoms with E-state index in [1.165, 1.54) is 0 Å². The van der Waals surface area contributed by atoms with E-state index in [4.69, 9.17) is 9.47 Å². The van der Waals surface area contributed by atoms with Crippen LogP contribution in [0.15, 0.2) is 0 Å². The topological polar surface area (TPSA) is 93.7 Å². The zero-order chi connectivity index (χ0) is 25.5. The summed E-state index contributed by atoms with van der Waals surface area (Å²) in [6, 6.07) is 0. The smallest absolute Gasteiger partial charge is 0.309 e. The van der Waals surface area contributed by atoms with Crippen molar-refractivity contribution in [2.24, 2.45) is 17.8 Å². The van der Waals surface area contributed by atoms with E-state index in [-0.39, 0.29) is 52.2 Å². The Labute approximate surface area is 205 Å². The highest BCUT2D eigenvalue weighted by atomic mass is 16.5. The molecule has 2 unspecified atom stereocenters. The molecule has 2 saturated heterocycles. The van der Waals surface area contributed by atoms with Crippen LogP contribution >= 0.6 is 0 Å². The third-order valence-corrected chi connectivity index (χ3v) is 7.47. The average molecular weight is 479 g/mol. The fraction of sp³-hybridized carbons (Fsp3) is 0.889. The van der Waals surface area contributed by atoms with Crippen molar-refractivity contribution >= 4 is 18.2 Å². The van der Waals surface area contributed by atoms with E-state index in [1.807, 2.05) is 0 Å². The van der Waals surface area contributed by atoms with Gasteiger partial charge in [-0.2, -0.15) is 0 Å². The van der Waals surface area contributed by atoms with Gasteiger partial charge in [-0.1, -0.05) is 0 Å². The van der Waals surface area contributed by atoms with Gasteiger partial charge in [0.1, 0.15) is 18.5 Å². The molecule has 1 aliphatic carbocycles. The Hall–Kier alpha value is -1.47. The molecule has 0 aromatic carbocycles. The van der Waals surface area contributed by atoms with Crippen molar-refractivity contribution in [1.82, 2.24) is 10.6 Å². The maximum atomic E-state index is 13.2. The van der Waals surface area contributed by atoms with Crippen molar-refractivity contribution < 1.29 is 23.9 Å². The third-order valence-electron chi connectivity index (χ3n) is 7.47. The lowest BCUT2D eigenvalue weighted by Crippen LogP contribution is -2.60. The fourth-order valence-corrected chi connectivity index (χ4v) is 7.00. The van der Waals surface area contributed by atoms with E-state index >= 15 is 0 Å². The lowest BCUT2D eigenvalue weighted by molar-refractivity contribution is -0.165. The van der Waals surface area contributed by atoms with Crippen LogP contribution in [0.25, 0.3) is 0 Å². The van der Waals surface area contributed by atoms with Gasteiger partial charge in [-0.15, -0.1) is 0 Å². The summed E-state index contributed by atoms with van der Waals surface area (Å²) in [5.74, 6) is -1.81. The van der Waals surface area contributed by atoms with Gasteiger partial charge in [0.05, 0.1) is 11.8 Å². The van der Waals surface area contributed by atoms with E-state index in [9.17, 15) is 14.4 Å². The van der Waals surface area contributed by atoms with Crippen LogP contribution in [-0.2, 0) is 23.9 Å². The number of ether oxygens (including phenoxy) is 2. The van der Waals surface area contributed by atoms with Crippen molar-refractivity contribution in [2.45, 2.75) is 135 Å². The second kappa shape index (κ2) is 9.53. The van der Waals surface area contributed by atoms with Gasteiger partial charge in [-0.3, -0.25) is 9.59 Å². The Morgan fingerprint density at radius 3 is 1.26 bits per heavy atom. The van der Waals surface area contributed by atoms with Crippen molar-refractivity contribution in [3.8, 4) is 0 Å². The van der Waals surface area contributed by atoms with Crippen molar-refractivity contribution in [2.75, 3.05) is 0 Å². The second-order valence-corrected chi connectivity index (χ2v) is 13.7. The standard InChI is InChI=1S/C27H46N2O5/c1-24(2)12-20(13-25(3,4)28-24)33-22(31)18-9-17(16-30)10-19(11-18)23(32)34-21-14-26(5,6)29-27(7,8)15-21/h16-21,28-29H,9-15H2,1-8H3. The summed E-state index contributed by atoms with van der Waals surface area (Å²) >= 11 is 0. The third kappa shape index (κ3) is 7.27. The van der Waals surface area contributed by atoms with E-state index in [2.05, 4.69) is 66.0 Å². The maximum Gasteiger partial charge on any atom is 0.309 e. The largest absolute Gasteiger partial charge is 0.462 e. The Balaban J connectivity index is 1.64. The maximum absolute atomic E-state index is 13.2. The molecule has 194 valence electrons. The van der Waals surface area contributed by atoms with Crippen molar-refractivity contribution in [1.29, 1.82) is 0 Å². The van der Waals surface area contributed by atoms with Gasteiger partial charge in [0.25, 0.3) is 0 Å². The van der Waals surface area contributed by atoms with Gasteiger partial charge in [-0.25, -0.2) is 0 Å². The summed E-state index contributed by atoms with van der Waals surface area (Å²) < 4.78 is 11.9. The predicted octanol–water partition coefficient (Wildman–Crippen LogP) is 3.92. The van der Waals surface area contributed by atoms with Crippen LogP contribution in [0.5, 0.6) is 0 Å². The molecule has 0 spiro atoms. The molecule has 2 atom stereocenters. The summed E-state index contributed by atoms with van der Waals surface area (Å²) in [7, 11) is 0. The monoisotopic (exact) mass is 478 g/mol. The van der Waals surface area contributed by atoms with Gasteiger partial charge in [0, 0.05) is 53.8 Å². The molecule has 0 aromatic heterocycles. The quantitative estimate of drug-likeness (QED) is 0.457. The average Bonchev–Trinajstić information content (AvgIpc) is 2.62. The molecule has 7 heteroatoms.